The number of hydrogen-bond acceptors (Lipinski definition) is 3. The first-order valence-electron chi connectivity index (χ1n) is 10.2. The Balaban J connectivity index is 0.00000240. The highest BCUT2D eigenvalue weighted by Crippen LogP contribution is 2.59. The summed E-state index contributed by atoms with van der Waals surface area (Å²) in [7, 11) is 0. The predicted molar refractivity (Wildman–Crippen MR) is 106 cm³/mol. The van der Waals surface area contributed by atoms with Crippen LogP contribution in [0.5, 0.6) is 5.75 Å². The lowest BCUT2D eigenvalue weighted by Gasteiger charge is -2.32. The molecule has 1 unspecified atom stereocenters. The summed E-state index contributed by atoms with van der Waals surface area (Å²) in [5, 5.41) is 3.35. The number of rotatable bonds is 5. The number of piperidine rings is 1. The van der Waals surface area contributed by atoms with Gasteiger partial charge in [0.05, 0.1) is 0 Å². The molecule has 1 aliphatic heterocycles. The molecule has 29 heavy (non-hydrogen) atoms. The van der Waals surface area contributed by atoms with E-state index in [0.717, 1.165) is 58.0 Å². The van der Waals surface area contributed by atoms with Crippen LogP contribution in [0.15, 0.2) is 24.3 Å². The van der Waals surface area contributed by atoms with E-state index >= 15 is 0 Å². The van der Waals surface area contributed by atoms with E-state index in [1.54, 1.807) is 12.1 Å². The zero-order valence-electron chi connectivity index (χ0n) is 16.3. The van der Waals surface area contributed by atoms with Crippen molar-refractivity contribution in [2.75, 3.05) is 13.1 Å². The second kappa shape index (κ2) is 8.72. The van der Waals surface area contributed by atoms with Crippen molar-refractivity contribution in [1.82, 2.24) is 10.2 Å². The molecule has 1 atom stereocenters. The number of halogens is 4. The number of benzene rings is 1. The number of carbonyl (C=O) groups is 1. The number of nitrogens with one attached hydrogen (secondary N) is 1. The maximum Gasteiger partial charge on any atom is 0.573 e. The normalized spacial score (nSPS) is 23.5. The number of carbonyl (C=O) groups excluding carboxylic acids is 1. The van der Waals surface area contributed by atoms with Crippen molar-refractivity contribution in [2.24, 2.45) is 11.3 Å². The van der Waals surface area contributed by atoms with Gasteiger partial charge in [0, 0.05) is 24.1 Å². The maximum atomic E-state index is 13.4. The van der Waals surface area contributed by atoms with E-state index in [-0.39, 0.29) is 48.0 Å². The first kappa shape index (κ1) is 22.2. The number of nitrogens with zero attached hydrogens (tertiary/aromatic N) is 1. The Morgan fingerprint density at radius 2 is 1.83 bits per heavy atom. The van der Waals surface area contributed by atoms with Crippen LogP contribution in [0, 0.1) is 11.3 Å². The molecule has 1 aromatic carbocycles. The van der Waals surface area contributed by atoms with Gasteiger partial charge in [-0.25, -0.2) is 0 Å². The quantitative estimate of drug-likeness (QED) is 0.735. The van der Waals surface area contributed by atoms with Gasteiger partial charge in [-0.05, 0) is 56.7 Å². The molecule has 4 nitrogen and oxygen atoms in total. The molecular formula is C21H28ClF3N2O2. The Morgan fingerprint density at radius 1 is 1.17 bits per heavy atom. The van der Waals surface area contributed by atoms with Crippen molar-refractivity contribution in [1.29, 1.82) is 0 Å². The van der Waals surface area contributed by atoms with E-state index in [4.69, 9.17) is 0 Å². The van der Waals surface area contributed by atoms with Crippen molar-refractivity contribution >= 4 is 18.3 Å². The van der Waals surface area contributed by atoms with Crippen LogP contribution in [-0.2, 0) is 11.3 Å². The van der Waals surface area contributed by atoms with Gasteiger partial charge in [0.15, 0.2) is 0 Å². The van der Waals surface area contributed by atoms with Gasteiger partial charge in [0.25, 0.3) is 0 Å². The highest BCUT2D eigenvalue weighted by Gasteiger charge is 2.59. The van der Waals surface area contributed by atoms with Crippen LogP contribution in [0.4, 0.5) is 13.2 Å². The third-order valence-electron chi connectivity index (χ3n) is 6.67. The lowest BCUT2D eigenvalue weighted by molar-refractivity contribution is -0.275. The van der Waals surface area contributed by atoms with Gasteiger partial charge < -0.3 is 15.0 Å². The molecule has 0 bridgehead atoms. The minimum absolute atomic E-state index is 0. The van der Waals surface area contributed by atoms with Crippen LogP contribution in [0.25, 0.3) is 0 Å². The molecule has 1 spiro atoms. The molecule has 4 rings (SSSR count). The highest BCUT2D eigenvalue weighted by molar-refractivity contribution is 5.85. The van der Waals surface area contributed by atoms with Gasteiger partial charge in [-0.15, -0.1) is 25.6 Å². The molecule has 1 N–H and O–H groups in total. The lowest BCUT2D eigenvalue weighted by atomic mass is 9.91. The molecule has 1 heterocycles. The number of hydrogen-bond donors (Lipinski definition) is 1. The fourth-order valence-electron chi connectivity index (χ4n) is 5.02. The summed E-state index contributed by atoms with van der Waals surface area (Å²) in [5.74, 6) is -0.0697. The minimum Gasteiger partial charge on any atom is -0.405 e. The Hall–Kier alpha value is -1.47. The van der Waals surface area contributed by atoms with Gasteiger partial charge in [-0.2, -0.15) is 0 Å². The molecule has 1 aromatic rings. The highest BCUT2D eigenvalue weighted by atomic mass is 35.5. The van der Waals surface area contributed by atoms with Gasteiger partial charge >= 0.3 is 6.36 Å². The van der Waals surface area contributed by atoms with Crippen LogP contribution < -0.4 is 10.1 Å². The fourth-order valence-corrected chi connectivity index (χ4v) is 5.02. The molecule has 1 saturated heterocycles. The van der Waals surface area contributed by atoms with E-state index in [1.165, 1.54) is 12.1 Å². The summed E-state index contributed by atoms with van der Waals surface area (Å²) < 4.78 is 42.6. The summed E-state index contributed by atoms with van der Waals surface area (Å²) >= 11 is 0. The second-order valence-corrected chi connectivity index (χ2v) is 8.43. The number of alkyl halides is 3. The van der Waals surface area contributed by atoms with Crippen LogP contribution in [0.3, 0.4) is 0 Å². The van der Waals surface area contributed by atoms with Crippen molar-refractivity contribution < 1.29 is 22.7 Å². The lowest BCUT2D eigenvalue weighted by Crippen LogP contribution is -2.41. The standard InChI is InChI=1S/C21H27F3N2O2.ClH/c22-21(23,24)28-18-8-4-1-5-15(18)14-26(16-6-2-3-7-16)19(27)17-13-20(17)9-11-25-12-10-20;/h1,4-5,8,16-17,25H,2-3,6-7,9-14H2;1H. The average molecular weight is 433 g/mol. The summed E-state index contributed by atoms with van der Waals surface area (Å²) in [6.45, 7) is 2.06. The Labute approximate surface area is 175 Å². The Kier molecular flexibility index (Phi) is 6.68. The van der Waals surface area contributed by atoms with E-state index < -0.39 is 6.36 Å². The van der Waals surface area contributed by atoms with Gasteiger partial charge in [-0.1, -0.05) is 31.0 Å². The predicted octanol–water partition coefficient (Wildman–Crippen LogP) is 4.67. The van der Waals surface area contributed by atoms with Crippen molar-refractivity contribution in [3.8, 4) is 5.75 Å². The summed E-state index contributed by atoms with van der Waals surface area (Å²) in [5.41, 5.74) is 0.529. The molecule has 0 radical (unpaired) electrons. The number of ether oxygens (including phenoxy) is 1. The van der Waals surface area contributed by atoms with Crippen LogP contribution in [-0.4, -0.2) is 36.3 Å². The van der Waals surface area contributed by atoms with E-state index in [9.17, 15) is 18.0 Å². The smallest absolute Gasteiger partial charge is 0.405 e. The Bertz CT molecular complexity index is 716. The Morgan fingerprint density at radius 3 is 2.48 bits per heavy atom. The summed E-state index contributed by atoms with van der Waals surface area (Å²) in [6, 6.07) is 6.29. The van der Waals surface area contributed by atoms with Crippen LogP contribution in [0.2, 0.25) is 0 Å². The van der Waals surface area contributed by atoms with E-state index in [0.29, 0.717) is 5.56 Å². The third kappa shape index (κ3) is 5.00. The molecule has 162 valence electrons. The summed E-state index contributed by atoms with van der Waals surface area (Å²) in [4.78, 5) is 15.3. The zero-order valence-corrected chi connectivity index (χ0v) is 17.2. The van der Waals surface area contributed by atoms with Crippen LogP contribution in [0.1, 0.15) is 50.5 Å². The van der Waals surface area contributed by atoms with E-state index in [1.807, 2.05) is 4.90 Å². The zero-order chi connectivity index (χ0) is 19.8. The SMILES string of the molecule is Cl.O=C(C1CC12CCNCC2)N(Cc1ccccc1OC(F)(F)F)C1CCCC1. The number of para-hydroxylation sites is 1. The first-order valence-corrected chi connectivity index (χ1v) is 10.2. The van der Waals surface area contributed by atoms with Gasteiger partial charge in [-0.3, -0.25) is 4.79 Å². The van der Waals surface area contributed by atoms with Gasteiger partial charge in [0.1, 0.15) is 5.75 Å². The molecule has 0 aromatic heterocycles. The van der Waals surface area contributed by atoms with Crippen molar-refractivity contribution in [3.05, 3.63) is 29.8 Å². The topological polar surface area (TPSA) is 41.6 Å². The average Bonchev–Trinajstić information content (AvgIpc) is 3.08. The largest absolute Gasteiger partial charge is 0.573 e. The second-order valence-electron chi connectivity index (χ2n) is 8.43. The summed E-state index contributed by atoms with van der Waals surface area (Å²) in [6.07, 6.45) is 2.17. The molecule has 3 aliphatic rings. The van der Waals surface area contributed by atoms with Crippen LogP contribution >= 0.6 is 12.4 Å². The third-order valence-corrected chi connectivity index (χ3v) is 6.67. The van der Waals surface area contributed by atoms with E-state index in [2.05, 4.69) is 10.1 Å². The molecule has 8 heteroatoms. The molecule has 3 fully saturated rings. The molecule has 2 saturated carbocycles. The van der Waals surface area contributed by atoms with Crippen molar-refractivity contribution in [2.45, 2.75) is 63.9 Å². The maximum absolute atomic E-state index is 13.4. The number of amides is 1. The van der Waals surface area contributed by atoms with Gasteiger partial charge in [0.2, 0.25) is 5.91 Å². The molecular weight excluding hydrogens is 405 g/mol. The molecule has 2 aliphatic carbocycles. The molecule has 1 amide bonds. The minimum atomic E-state index is -4.74. The fraction of sp³-hybridized carbons (Fsp3) is 0.667. The monoisotopic (exact) mass is 432 g/mol. The van der Waals surface area contributed by atoms with Crippen molar-refractivity contribution in [3.63, 3.8) is 0 Å². The first-order chi connectivity index (χ1) is 13.4.